The Morgan fingerprint density at radius 2 is 2.06 bits per heavy atom. The van der Waals surface area contributed by atoms with Crippen LogP contribution in [-0.2, 0) is 11.3 Å². The Hall–Kier alpha value is -3.35. The molecule has 0 radical (unpaired) electrons. The summed E-state index contributed by atoms with van der Waals surface area (Å²) in [5.74, 6) is -1.30. The van der Waals surface area contributed by atoms with Crippen LogP contribution in [0.5, 0.6) is 0 Å². The molecule has 5 rings (SSSR count). The van der Waals surface area contributed by atoms with Crippen molar-refractivity contribution < 1.29 is 13.6 Å². The molecule has 0 fully saturated rings. The van der Waals surface area contributed by atoms with E-state index in [1.165, 1.54) is 12.3 Å². The van der Waals surface area contributed by atoms with Gasteiger partial charge in [-0.3, -0.25) is 9.69 Å². The molecule has 3 aromatic rings. The van der Waals surface area contributed by atoms with Gasteiger partial charge in [-0.15, -0.1) is 0 Å². The molecule has 0 spiro atoms. The molecule has 1 N–H and O–H groups in total. The van der Waals surface area contributed by atoms with Crippen molar-refractivity contribution in [3.05, 3.63) is 111 Å². The zero-order valence-electron chi connectivity index (χ0n) is 19.9. The summed E-state index contributed by atoms with van der Waals surface area (Å²) in [6.45, 7) is 4.23. The van der Waals surface area contributed by atoms with Crippen molar-refractivity contribution in [2.24, 2.45) is 0 Å². The Balaban J connectivity index is 1.32. The lowest BCUT2D eigenvalue weighted by molar-refractivity contribution is -0.121. The number of fused-ring (bicyclic) bond motifs is 2. The number of halogens is 3. The number of benzene rings is 2. The van der Waals surface area contributed by atoms with E-state index in [2.05, 4.69) is 15.2 Å². The topological polar surface area (TPSA) is 45.2 Å². The van der Waals surface area contributed by atoms with Crippen LogP contribution in [0.25, 0.3) is 11.6 Å². The van der Waals surface area contributed by atoms with E-state index in [0.717, 1.165) is 53.9 Å². The lowest BCUT2D eigenvalue weighted by Crippen LogP contribution is -2.33. The first kappa shape index (κ1) is 24.3. The van der Waals surface area contributed by atoms with Crippen LogP contribution in [0.1, 0.15) is 40.2 Å². The highest BCUT2D eigenvalue weighted by Crippen LogP contribution is 2.46. The van der Waals surface area contributed by atoms with E-state index in [1.54, 1.807) is 25.1 Å². The summed E-state index contributed by atoms with van der Waals surface area (Å²) >= 11 is 6.31. The Labute approximate surface area is 214 Å². The predicted octanol–water partition coefficient (Wildman–Crippen LogP) is 5.91. The predicted molar refractivity (Wildman–Crippen MR) is 138 cm³/mol. The molecule has 0 saturated carbocycles. The van der Waals surface area contributed by atoms with Crippen molar-refractivity contribution in [1.82, 2.24) is 15.2 Å². The molecular weight excluding hydrogens is 480 g/mol. The van der Waals surface area contributed by atoms with E-state index < -0.39 is 11.9 Å². The summed E-state index contributed by atoms with van der Waals surface area (Å²) in [6.07, 6.45) is 6.14. The molecule has 36 heavy (non-hydrogen) atoms. The number of carbonyl (C=O) groups is 1. The number of aryl methyl sites for hydroxylation is 1. The van der Waals surface area contributed by atoms with Crippen LogP contribution >= 0.6 is 11.6 Å². The maximum atomic E-state index is 13.8. The molecule has 0 saturated heterocycles. The minimum Gasteiger partial charge on any atom is -0.351 e. The van der Waals surface area contributed by atoms with Crippen LogP contribution in [0, 0.1) is 18.7 Å². The normalized spacial score (nSPS) is 17.4. The average Bonchev–Trinajstić information content (AvgIpc) is 3.17. The van der Waals surface area contributed by atoms with E-state index in [0.29, 0.717) is 16.1 Å². The third-order valence-electron chi connectivity index (χ3n) is 6.85. The Morgan fingerprint density at radius 1 is 1.19 bits per heavy atom. The molecule has 184 valence electrons. The van der Waals surface area contributed by atoms with Crippen molar-refractivity contribution in [2.75, 3.05) is 19.6 Å². The van der Waals surface area contributed by atoms with Crippen LogP contribution in [0.2, 0.25) is 5.02 Å². The number of amides is 1. The maximum Gasteiger partial charge on any atom is 0.231 e. The molecule has 2 aliphatic rings. The van der Waals surface area contributed by atoms with E-state index in [1.807, 2.05) is 36.4 Å². The van der Waals surface area contributed by atoms with Gasteiger partial charge < -0.3 is 5.32 Å². The van der Waals surface area contributed by atoms with Crippen molar-refractivity contribution >= 4 is 29.2 Å². The second kappa shape index (κ2) is 10.3. The number of hydrogen-bond donors (Lipinski definition) is 1. The fraction of sp³-hybridized carbons (Fsp3) is 0.241. The number of rotatable bonds is 6. The largest absolute Gasteiger partial charge is 0.351 e. The summed E-state index contributed by atoms with van der Waals surface area (Å²) in [5, 5.41) is 3.56. The monoisotopic (exact) mass is 505 g/mol. The van der Waals surface area contributed by atoms with E-state index in [9.17, 15) is 13.6 Å². The second-order valence-electron chi connectivity index (χ2n) is 9.27. The minimum atomic E-state index is -0.571. The quantitative estimate of drug-likeness (QED) is 0.424. The molecule has 2 heterocycles. The van der Waals surface area contributed by atoms with Crippen LogP contribution in [0.4, 0.5) is 8.78 Å². The second-order valence-corrected chi connectivity index (χ2v) is 9.71. The molecule has 1 aromatic heterocycles. The Morgan fingerprint density at radius 3 is 2.86 bits per heavy atom. The Bertz CT molecular complexity index is 1380. The molecular formula is C29H26ClF2N3O. The van der Waals surface area contributed by atoms with Crippen LogP contribution < -0.4 is 5.32 Å². The number of aromatic nitrogens is 1. The molecule has 2 aromatic carbocycles. The standard InChI is InChI=1S/C29H26ClF2N3O/c1-18-4-5-19(13-26(18)31)3-2-11-35-12-9-23-25(17-35)22-7-6-21(30)15-24(22)28(23)29(36)34-16-20-8-10-33-27(32)14-20/h2-8,10,13-15,28H,9,11-12,16-17H2,1H3,(H,34,36)/b3-2+. The number of nitrogens with zero attached hydrogens (tertiary/aromatic N) is 2. The smallest absolute Gasteiger partial charge is 0.231 e. The average molecular weight is 506 g/mol. The molecule has 4 nitrogen and oxygen atoms in total. The van der Waals surface area contributed by atoms with Gasteiger partial charge in [-0.05, 0) is 82.6 Å². The minimum absolute atomic E-state index is 0.115. The van der Waals surface area contributed by atoms with Crippen molar-refractivity contribution in [3.63, 3.8) is 0 Å². The first-order valence-corrected chi connectivity index (χ1v) is 12.3. The van der Waals surface area contributed by atoms with Gasteiger partial charge in [-0.25, -0.2) is 9.37 Å². The summed E-state index contributed by atoms with van der Waals surface area (Å²) in [7, 11) is 0. The molecule has 1 aliphatic heterocycles. The third kappa shape index (κ3) is 5.11. The SMILES string of the molecule is Cc1ccc(/C=C/CN2CCC3=C(C2)c2ccc(Cl)cc2C3C(=O)NCc2ccnc(F)c2)cc1F. The zero-order chi connectivity index (χ0) is 25.2. The molecule has 1 atom stereocenters. The van der Waals surface area contributed by atoms with Gasteiger partial charge in [0.15, 0.2) is 0 Å². The number of pyridine rings is 1. The number of carbonyl (C=O) groups excluding carboxylic acids is 1. The maximum absolute atomic E-state index is 13.8. The van der Waals surface area contributed by atoms with Crippen molar-refractivity contribution in [1.29, 1.82) is 0 Å². The summed E-state index contributed by atoms with van der Waals surface area (Å²) in [5.41, 5.74) is 6.38. The highest BCUT2D eigenvalue weighted by atomic mass is 35.5. The van der Waals surface area contributed by atoms with Gasteiger partial charge >= 0.3 is 0 Å². The van der Waals surface area contributed by atoms with E-state index in [4.69, 9.17) is 11.6 Å². The van der Waals surface area contributed by atoms with E-state index in [-0.39, 0.29) is 18.3 Å². The number of hydrogen-bond acceptors (Lipinski definition) is 3. The van der Waals surface area contributed by atoms with Crippen molar-refractivity contribution in [3.8, 4) is 0 Å². The van der Waals surface area contributed by atoms with Gasteiger partial charge in [0.2, 0.25) is 11.9 Å². The molecule has 7 heteroatoms. The van der Waals surface area contributed by atoms with Gasteiger partial charge in [0.25, 0.3) is 0 Å². The van der Waals surface area contributed by atoms with Crippen LogP contribution in [-0.4, -0.2) is 35.4 Å². The molecule has 0 bridgehead atoms. The summed E-state index contributed by atoms with van der Waals surface area (Å²) < 4.78 is 27.3. The summed E-state index contributed by atoms with van der Waals surface area (Å²) in [4.78, 5) is 19.2. The lowest BCUT2D eigenvalue weighted by Gasteiger charge is -2.29. The van der Waals surface area contributed by atoms with Gasteiger partial charge in [0.1, 0.15) is 5.82 Å². The fourth-order valence-electron chi connectivity index (χ4n) is 5.00. The van der Waals surface area contributed by atoms with Crippen LogP contribution in [0.3, 0.4) is 0 Å². The zero-order valence-corrected chi connectivity index (χ0v) is 20.7. The molecule has 1 unspecified atom stereocenters. The lowest BCUT2D eigenvalue weighted by atomic mass is 9.91. The molecule has 1 aliphatic carbocycles. The fourth-order valence-corrected chi connectivity index (χ4v) is 5.18. The van der Waals surface area contributed by atoms with Crippen molar-refractivity contribution in [2.45, 2.75) is 25.8 Å². The van der Waals surface area contributed by atoms with Crippen LogP contribution in [0.15, 0.2) is 66.4 Å². The Kier molecular flexibility index (Phi) is 6.99. The third-order valence-corrected chi connectivity index (χ3v) is 7.09. The van der Waals surface area contributed by atoms with E-state index >= 15 is 0 Å². The van der Waals surface area contributed by atoms with Gasteiger partial charge in [-0.2, -0.15) is 4.39 Å². The van der Waals surface area contributed by atoms with Gasteiger partial charge in [0, 0.05) is 37.4 Å². The highest BCUT2D eigenvalue weighted by Gasteiger charge is 2.38. The highest BCUT2D eigenvalue weighted by molar-refractivity contribution is 6.30. The first-order valence-electron chi connectivity index (χ1n) is 11.9. The summed E-state index contributed by atoms with van der Waals surface area (Å²) in [6, 6.07) is 14.0. The first-order chi connectivity index (χ1) is 17.4. The number of nitrogens with one attached hydrogen (secondary N) is 1. The molecule has 1 amide bonds. The van der Waals surface area contributed by atoms with Gasteiger partial charge in [0.05, 0.1) is 5.92 Å². The van der Waals surface area contributed by atoms with Gasteiger partial charge in [-0.1, -0.05) is 42.0 Å².